The van der Waals surface area contributed by atoms with Gasteiger partial charge in [-0.1, -0.05) is 24.3 Å². The molecule has 0 spiro atoms. The minimum Gasteiger partial charge on any atom is -0.376 e. The van der Waals surface area contributed by atoms with E-state index in [4.69, 9.17) is 4.74 Å². The highest BCUT2D eigenvalue weighted by atomic mass is 16.5. The lowest BCUT2D eigenvalue weighted by molar-refractivity contribution is -0.135. The van der Waals surface area contributed by atoms with Crippen molar-refractivity contribution in [1.29, 1.82) is 0 Å². The fraction of sp³-hybridized carbons (Fsp3) is 0.708. The van der Waals surface area contributed by atoms with Crippen LogP contribution in [0.1, 0.15) is 49.7 Å². The maximum Gasteiger partial charge on any atom is 0.225 e. The molecule has 0 radical (unpaired) electrons. The highest BCUT2D eigenvalue weighted by Gasteiger charge is 2.36. The molecule has 2 heterocycles. The number of amides is 1. The molecule has 2 aliphatic carbocycles. The number of carbonyl (C=O) groups is 1. The summed E-state index contributed by atoms with van der Waals surface area (Å²) in [6.45, 7) is 5.03. The minimum absolute atomic E-state index is 0.278. The maximum absolute atomic E-state index is 12.8. The van der Waals surface area contributed by atoms with Crippen LogP contribution < -0.4 is 0 Å². The zero-order valence-corrected chi connectivity index (χ0v) is 17.0. The van der Waals surface area contributed by atoms with Gasteiger partial charge in [-0.3, -0.25) is 9.69 Å². The summed E-state index contributed by atoms with van der Waals surface area (Å²) < 4.78 is 5.84. The third kappa shape index (κ3) is 4.13. The predicted octanol–water partition coefficient (Wildman–Crippen LogP) is 3.28. The molecule has 3 fully saturated rings. The molecular formula is C24H34N2O2. The van der Waals surface area contributed by atoms with Crippen molar-refractivity contribution in [3.8, 4) is 0 Å². The number of hydrogen-bond donors (Lipinski definition) is 0. The fourth-order valence-electron chi connectivity index (χ4n) is 5.48. The Morgan fingerprint density at radius 3 is 2.32 bits per heavy atom. The second-order valence-corrected chi connectivity index (χ2v) is 9.46. The molecule has 1 atom stereocenters. The van der Waals surface area contributed by atoms with Crippen molar-refractivity contribution in [2.75, 3.05) is 32.8 Å². The molecule has 4 aliphatic rings. The number of rotatable bonds is 6. The van der Waals surface area contributed by atoms with Gasteiger partial charge >= 0.3 is 0 Å². The Hall–Kier alpha value is -1.39. The Kier molecular flexibility index (Phi) is 5.43. The first-order valence-corrected chi connectivity index (χ1v) is 11.5. The lowest BCUT2D eigenvalue weighted by Crippen LogP contribution is -2.46. The molecule has 2 saturated heterocycles. The van der Waals surface area contributed by atoms with Crippen LogP contribution in [-0.2, 0) is 22.4 Å². The number of fused-ring (bicyclic) bond motifs is 1. The van der Waals surface area contributed by atoms with E-state index in [1.54, 1.807) is 11.1 Å². The highest BCUT2D eigenvalue weighted by Crippen LogP contribution is 2.33. The number of nitrogens with zero attached hydrogens (tertiary/aromatic N) is 2. The van der Waals surface area contributed by atoms with Crippen LogP contribution in [0.15, 0.2) is 24.3 Å². The van der Waals surface area contributed by atoms with Crippen molar-refractivity contribution < 1.29 is 9.53 Å². The van der Waals surface area contributed by atoms with Crippen LogP contribution in [0.4, 0.5) is 0 Å². The molecule has 1 aromatic carbocycles. The monoisotopic (exact) mass is 382 g/mol. The van der Waals surface area contributed by atoms with Crippen LogP contribution in [0, 0.1) is 11.8 Å². The van der Waals surface area contributed by atoms with E-state index in [0.717, 1.165) is 45.4 Å². The van der Waals surface area contributed by atoms with E-state index in [9.17, 15) is 4.79 Å². The lowest BCUT2D eigenvalue weighted by Gasteiger charge is -2.38. The van der Waals surface area contributed by atoms with Crippen LogP contribution in [-0.4, -0.2) is 60.6 Å². The number of benzene rings is 1. The SMILES string of the molecule is O=C(C1CC1)N(CC1CCN(C2Cc3ccccc3C2)CC1)C[C@H]1CCCO1. The van der Waals surface area contributed by atoms with Gasteiger partial charge in [0.25, 0.3) is 0 Å². The van der Waals surface area contributed by atoms with Gasteiger partial charge in [0, 0.05) is 31.7 Å². The van der Waals surface area contributed by atoms with Gasteiger partial charge in [-0.2, -0.15) is 0 Å². The Balaban J connectivity index is 1.14. The van der Waals surface area contributed by atoms with Crippen LogP contribution in [0.2, 0.25) is 0 Å². The first-order chi connectivity index (χ1) is 13.8. The highest BCUT2D eigenvalue weighted by molar-refractivity contribution is 5.81. The topological polar surface area (TPSA) is 32.8 Å². The van der Waals surface area contributed by atoms with Crippen molar-refractivity contribution in [2.45, 2.75) is 63.5 Å². The standard InChI is InChI=1S/C24H34N2O2/c27-24(19-7-8-19)26(17-23-6-3-13-28-23)16-18-9-11-25(12-10-18)22-14-20-4-1-2-5-21(20)15-22/h1-2,4-5,18-19,22-23H,3,6-17H2/t23-/m1/s1. The van der Waals surface area contributed by atoms with Crippen molar-refractivity contribution in [2.24, 2.45) is 11.8 Å². The molecule has 1 amide bonds. The molecule has 1 saturated carbocycles. The van der Waals surface area contributed by atoms with E-state index < -0.39 is 0 Å². The van der Waals surface area contributed by atoms with Crippen LogP contribution >= 0.6 is 0 Å². The number of hydrogen-bond acceptors (Lipinski definition) is 3. The molecule has 0 bridgehead atoms. The van der Waals surface area contributed by atoms with Crippen LogP contribution in [0.25, 0.3) is 0 Å². The summed E-state index contributed by atoms with van der Waals surface area (Å²) in [5.41, 5.74) is 3.10. The summed E-state index contributed by atoms with van der Waals surface area (Å²) in [7, 11) is 0. The number of carbonyl (C=O) groups excluding carboxylic acids is 1. The van der Waals surface area contributed by atoms with E-state index in [2.05, 4.69) is 34.1 Å². The molecule has 0 N–H and O–H groups in total. The first-order valence-electron chi connectivity index (χ1n) is 11.5. The van der Waals surface area contributed by atoms with Gasteiger partial charge in [0.15, 0.2) is 0 Å². The van der Waals surface area contributed by atoms with E-state index >= 15 is 0 Å². The summed E-state index contributed by atoms with van der Waals surface area (Å²) in [4.78, 5) is 17.7. The summed E-state index contributed by atoms with van der Waals surface area (Å²) in [6.07, 6.45) is 9.63. The molecule has 0 unspecified atom stereocenters. The van der Waals surface area contributed by atoms with E-state index in [1.165, 1.54) is 38.8 Å². The lowest BCUT2D eigenvalue weighted by atomic mass is 9.94. The average molecular weight is 383 g/mol. The number of ether oxygens (including phenoxy) is 1. The molecule has 4 heteroatoms. The fourth-order valence-corrected chi connectivity index (χ4v) is 5.48. The summed E-state index contributed by atoms with van der Waals surface area (Å²) >= 11 is 0. The van der Waals surface area contributed by atoms with Gasteiger partial charge in [0.2, 0.25) is 5.91 Å². The third-order valence-corrected chi connectivity index (χ3v) is 7.36. The van der Waals surface area contributed by atoms with Crippen LogP contribution in [0.5, 0.6) is 0 Å². The Labute approximate surface area is 169 Å². The summed E-state index contributed by atoms with van der Waals surface area (Å²) in [5.74, 6) is 1.38. The predicted molar refractivity (Wildman–Crippen MR) is 110 cm³/mol. The summed E-state index contributed by atoms with van der Waals surface area (Å²) in [6, 6.07) is 9.64. The Morgan fingerprint density at radius 1 is 1.00 bits per heavy atom. The zero-order chi connectivity index (χ0) is 18.9. The molecule has 28 heavy (non-hydrogen) atoms. The molecule has 152 valence electrons. The van der Waals surface area contributed by atoms with Crippen molar-refractivity contribution in [1.82, 2.24) is 9.80 Å². The first kappa shape index (κ1) is 18.6. The Morgan fingerprint density at radius 2 is 1.71 bits per heavy atom. The second-order valence-electron chi connectivity index (χ2n) is 9.46. The average Bonchev–Trinajstić information content (AvgIpc) is 3.27. The van der Waals surface area contributed by atoms with Gasteiger partial charge in [-0.15, -0.1) is 0 Å². The van der Waals surface area contributed by atoms with E-state index in [0.29, 0.717) is 23.8 Å². The molecular weight excluding hydrogens is 348 g/mol. The summed E-state index contributed by atoms with van der Waals surface area (Å²) in [5, 5.41) is 0. The van der Waals surface area contributed by atoms with Gasteiger partial charge < -0.3 is 9.64 Å². The largest absolute Gasteiger partial charge is 0.376 e. The van der Waals surface area contributed by atoms with E-state index in [1.807, 2.05) is 0 Å². The van der Waals surface area contributed by atoms with Crippen molar-refractivity contribution in [3.63, 3.8) is 0 Å². The second kappa shape index (κ2) is 8.16. The minimum atomic E-state index is 0.278. The molecule has 1 aromatic rings. The third-order valence-electron chi connectivity index (χ3n) is 7.36. The molecule has 0 aromatic heterocycles. The smallest absolute Gasteiger partial charge is 0.225 e. The zero-order valence-electron chi connectivity index (χ0n) is 17.0. The van der Waals surface area contributed by atoms with Crippen molar-refractivity contribution in [3.05, 3.63) is 35.4 Å². The van der Waals surface area contributed by atoms with Crippen molar-refractivity contribution >= 4 is 5.91 Å². The van der Waals surface area contributed by atoms with Crippen LogP contribution in [0.3, 0.4) is 0 Å². The van der Waals surface area contributed by atoms with E-state index in [-0.39, 0.29) is 6.10 Å². The molecule has 4 nitrogen and oxygen atoms in total. The van der Waals surface area contributed by atoms with Gasteiger partial charge in [0.1, 0.15) is 0 Å². The van der Waals surface area contributed by atoms with Gasteiger partial charge in [-0.25, -0.2) is 0 Å². The normalized spacial score (nSPS) is 26.5. The van der Waals surface area contributed by atoms with Gasteiger partial charge in [-0.05, 0) is 81.5 Å². The van der Waals surface area contributed by atoms with Gasteiger partial charge in [0.05, 0.1) is 6.10 Å². The Bertz CT molecular complexity index is 663. The molecule has 5 rings (SSSR count). The number of likely N-dealkylation sites (tertiary alicyclic amines) is 1. The quantitative estimate of drug-likeness (QED) is 0.757. The maximum atomic E-state index is 12.8. The molecule has 2 aliphatic heterocycles. The number of piperidine rings is 1.